The first-order chi connectivity index (χ1) is 10.3. The van der Waals surface area contributed by atoms with Crippen molar-refractivity contribution in [2.45, 2.75) is 38.6 Å². The SMILES string of the molecule is Cc1ccsc1C(=O)N1CCCC1CCc1ccncc1. The van der Waals surface area contributed by atoms with Gasteiger partial charge in [0.15, 0.2) is 0 Å². The largest absolute Gasteiger partial charge is 0.335 e. The van der Waals surface area contributed by atoms with Crippen LogP contribution in [0, 0.1) is 6.92 Å². The molecule has 3 rings (SSSR count). The number of aromatic nitrogens is 1. The Morgan fingerprint density at radius 3 is 2.90 bits per heavy atom. The van der Waals surface area contributed by atoms with Gasteiger partial charge in [-0.25, -0.2) is 0 Å². The van der Waals surface area contributed by atoms with Crippen LogP contribution in [-0.4, -0.2) is 28.4 Å². The highest BCUT2D eigenvalue weighted by atomic mass is 32.1. The van der Waals surface area contributed by atoms with Gasteiger partial charge in [-0.3, -0.25) is 9.78 Å². The Kier molecular flexibility index (Phi) is 4.34. The highest BCUT2D eigenvalue weighted by molar-refractivity contribution is 7.12. The monoisotopic (exact) mass is 300 g/mol. The average Bonchev–Trinajstić information content (AvgIpc) is 3.14. The minimum absolute atomic E-state index is 0.222. The van der Waals surface area contributed by atoms with Crippen molar-refractivity contribution >= 4 is 17.2 Å². The number of carbonyl (C=O) groups is 1. The maximum absolute atomic E-state index is 12.7. The maximum atomic E-state index is 12.7. The first-order valence-electron chi connectivity index (χ1n) is 7.49. The summed E-state index contributed by atoms with van der Waals surface area (Å²) in [6.45, 7) is 2.92. The lowest BCUT2D eigenvalue weighted by atomic mass is 10.0. The first-order valence-corrected chi connectivity index (χ1v) is 8.37. The summed E-state index contributed by atoms with van der Waals surface area (Å²) in [4.78, 5) is 19.7. The Balaban J connectivity index is 1.65. The van der Waals surface area contributed by atoms with Gasteiger partial charge in [0.25, 0.3) is 5.91 Å². The molecular formula is C17H20N2OS. The zero-order valence-corrected chi connectivity index (χ0v) is 13.1. The van der Waals surface area contributed by atoms with Crippen LogP contribution in [0.1, 0.15) is 40.1 Å². The Hall–Kier alpha value is -1.68. The molecule has 1 unspecified atom stereocenters. The van der Waals surface area contributed by atoms with Gasteiger partial charge in [-0.1, -0.05) is 0 Å². The van der Waals surface area contributed by atoms with E-state index in [4.69, 9.17) is 0 Å². The van der Waals surface area contributed by atoms with Crippen LogP contribution in [0.15, 0.2) is 36.0 Å². The number of rotatable bonds is 4. The van der Waals surface area contributed by atoms with Crippen molar-refractivity contribution in [3.8, 4) is 0 Å². The molecule has 1 saturated heterocycles. The van der Waals surface area contributed by atoms with Gasteiger partial charge in [0.2, 0.25) is 0 Å². The van der Waals surface area contributed by atoms with Crippen molar-refractivity contribution in [3.63, 3.8) is 0 Å². The fourth-order valence-electron chi connectivity index (χ4n) is 3.01. The predicted octanol–water partition coefficient (Wildman–Crippen LogP) is 3.69. The van der Waals surface area contributed by atoms with Gasteiger partial charge in [-0.05, 0) is 67.3 Å². The molecule has 110 valence electrons. The van der Waals surface area contributed by atoms with Crippen molar-refractivity contribution in [1.82, 2.24) is 9.88 Å². The molecule has 3 heterocycles. The molecule has 2 aromatic heterocycles. The summed E-state index contributed by atoms with van der Waals surface area (Å²) in [7, 11) is 0. The molecule has 1 atom stereocenters. The quantitative estimate of drug-likeness (QED) is 0.863. The van der Waals surface area contributed by atoms with Crippen LogP contribution < -0.4 is 0 Å². The third kappa shape index (κ3) is 3.16. The van der Waals surface area contributed by atoms with Gasteiger partial charge in [-0.2, -0.15) is 0 Å². The molecule has 0 radical (unpaired) electrons. The van der Waals surface area contributed by atoms with E-state index in [2.05, 4.69) is 22.0 Å². The van der Waals surface area contributed by atoms with Crippen LogP contribution in [0.2, 0.25) is 0 Å². The molecule has 0 N–H and O–H groups in total. The molecule has 2 aromatic rings. The third-order valence-electron chi connectivity index (χ3n) is 4.21. The highest BCUT2D eigenvalue weighted by Gasteiger charge is 2.30. The maximum Gasteiger partial charge on any atom is 0.264 e. The zero-order valence-electron chi connectivity index (χ0n) is 12.3. The smallest absolute Gasteiger partial charge is 0.264 e. The molecule has 0 bridgehead atoms. The van der Waals surface area contributed by atoms with Crippen LogP contribution >= 0.6 is 11.3 Å². The topological polar surface area (TPSA) is 33.2 Å². The number of hydrogen-bond donors (Lipinski definition) is 0. The average molecular weight is 300 g/mol. The van der Waals surface area contributed by atoms with Crippen molar-refractivity contribution in [3.05, 3.63) is 52.0 Å². The number of hydrogen-bond acceptors (Lipinski definition) is 3. The minimum Gasteiger partial charge on any atom is -0.335 e. The fourth-order valence-corrected chi connectivity index (χ4v) is 3.89. The van der Waals surface area contributed by atoms with E-state index < -0.39 is 0 Å². The lowest BCUT2D eigenvalue weighted by Gasteiger charge is -2.24. The summed E-state index contributed by atoms with van der Waals surface area (Å²) in [6, 6.07) is 6.53. The molecular weight excluding hydrogens is 280 g/mol. The van der Waals surface area contributed by atoms with Gasteiger partial charge < -0.3 is 4.90 Å². The van der Waals surface area contributed by atoms with Crippen LogP contribution in [0.5, 0.6) is 0 Å². The highest BCUT2D eigenvalue weighted by Crippen LogP contribution is 2.26. The molecule has 1 fully saturated rings. The van der Waals surface area contributed by atoms with Crippen molar-refractivity contribution < 1.29 is 4.79 Å². The van der Waals surface area contributed by atoms with E-state index in [1.165, 1.54) is 5.56 Å². The molecule has 1 aliphatic heterocycles. The van der Waals surface area contributed by atoms with Crippen molar-refractivity contribution in [1.29, 1.82) is 0 Å². The second-order valence-corrected chi connectivity index (χ2v) is 6.54. The molecule has 4 heteroatoms. The molecule has 21 heavy (non-hydrogen) atoms. The van der Waals surface area contributed by atoms with Gasteiger partial charge in [-0.15, -0.1) is 11.3 Å². The second kappa shape index (κ2) is 6.39. The van der Waals surface area contributed by atoms with Crippen molar-refractivity contribution in [2.24, 2.45) is 0 Å². The van der Waals surface area contributed by atoms with E-state index in [9.17, 15) is 4.79 Å². The summed E-state index contributed by atoms with van der Waals surface area (Å²) in [6.07, 6.45) is 7.98. The Morgan fingerprint density at radius 1 is 1.38 bits per heavy atom. The first kappa shape index (κ1) is 14.3. The van der Waals surface area contributed by atoms with E-state index in [0.29, 0.717) is 6.04 Å². The summed E-state index contributed by atoms with van der Waals surface area (Å²) in [5.41, 5.74) is 2.40. The number of aryl methyl sites for hydroxylation is 2. The lowest BCUT2D eigenvalue weighted by molar-refractivity contribution is 0.0735. The van der Waals surface area contributed by atoms with Crippen LogP contribution in [0.25, 0.3) is 0 Å². The fraction of sp³-hybridized carbons (Fsp3) is 0.412. The molecule has 0 saturated carbocycles. The molecule has 0 aliphatic carbocycles. The molecule has 0 spiro atoms. The van der Waals surface area contributed by atoms with Gasteiger partial charge in [0.05, 0.1) is 4.88 Å². The van der Waals surface area contributed by atoms with Crippen molar-refractivity contribution in [2.75, 3.05) is 6.54 Å². The number of thiophene rings is 1. The van der Waals surface area contributed by atoms with Gasteiger partial charge in [0.1, 0.15) is 0 Å². The van der Waals surface area contributed by atoms with Gasteiger partial charge in [0, 0.05) is 25.0 Å². The van der Waals surface area contributed by atoms with E-state index in [1.807, 2.05) is 30.8 Å². The number of likely N-dealkylation sites (tertiary alicyclic amines) is 1. The van der Waals surface area contributed by atoms with Crippen LogP contribution in [-0.2, 0) is 6.42 Å². The standard InChI is InChI=1S/C17H20N2OS/c1-13-8-12-21-16(13)17(20)19-11-2-3-15(19)5-4-14-6-9-18-10-7-14/h6-10,12,15H,2-5,11H2,1H3. The number of amides is 1. The number of carbonyl (C=O) groups excluding carboxylic acids is 1. The van der Waals surface area contributed by atoms with E-state index in [1.54, 1.807) is 11.3 Å². The lowest BCUT2D eigenvalue weighted by Crippen LogP contribution is -2.35. The van der Waals surface area contributed by atoms with Crippen LogP contribution in [0.3, 0.4) is 0 Å². The third-order valence-corrected chi connectivity index (χ3v) is 5.21. The summed E-state index contributed by atoms with van der Waals surface area (Å²) in [5, 5.41) is 2.00. The van der Waals surface area contributed by atoms with Gasteiger partial charge >= 0.3 is 0 Å². The normalized spacial score (nSPS) is 18.1. The Labute approximate surface area is 129 Å². The Bertz CT molecular complexity index is 608. The van der Waals surface area contributed by atoms with E-state index in [0.717, 1.165) is 42.7 Å². The summed E-state index contributed by atoms with van der Waals surface area (Å²) < 4.78 is 0. The van der Waals surface area contributed by atoms with Crippen LogP contribution in [0.4, 0.5) is 0 Å². The Morgan fingerprint density at radius 2 is 2.19 bits per heavy atom. The van der Waals surface area contributed by atoms with E-state index in [-0.39, 0.29) is 5.91 Å². The predicted molar refractivity (Wildman–Crippen MR) is 85.7 cm³/mol. The molecule has 1 aliphatic rings. The molecule has 0 aromatic carbocycles. The second-order valence-electron chi connectivity index (χ2n) is 5.62. The summed E-state index contributed by atoms with van der Waals surface area (Å²) in [5.74, 6) is 0.222. The van der Waals surface area contributed by atoms with E-state index >= 15 is 0 Å². The number of nitrogens with zero attached hydrogens (tertiary/aromatic N) is 2. The molecule has 1 amide bonds. The molecule has 3 nitrogen and oxygen atoms in total. The number of pyridine rings is 1. The zero-order chi connectivity index (χ0) is 14.7. The summed E-state index contributed by atoms with van der Waals surface area (Å²) >= 11 is 1.56. The minimum atomic E-state index is 0.222.